The summed E-state index contributed by atoms with van der Waals surface area (Å²) < 4.78 is 6.53. The Labute approximate surface area is 112 Å². The van der Waals surface area contributed by atoms with Crippen LogP contribution in [0.2, 0.25) is 0 Å². The SMILES string of the molecule is C[C@H]1[C@@H](CI)CCCN1C(=O)OC(C)(C)C. The molecule has 4 heteroatoms. The van der Waals surface area contributed by atoms with Gasteiger partial charge in [0, 0.05) is 17.0 Å². The van der Waals surface area contributed by atoms with E-state index in [-0.39, 0.29) is 6.09 Å². The Morgan fingerprint density at radius 3 is 2.62 bits per heavy atom. The summed E-state index contributed by atoms with van der Waals surface area (Å²) in [7, 11) is 0. The molecule has 16 heavy (non-hydrogen) atoms. The highest BCUT2D eigenvalue weighted by Crippen LogP contribution is 2.26. The lowest BCUT2D eigenvalue weighted by molar-refractivity contribution is 0.00527. The van der Waals surface area contributed by atoms with E-state index >= 15 is 0 Å². The smallest absolute Gasteiger partial charge is 0.410 e. The highest BCUT2D eigenvalue weighted by atomic mass is 127. The third kappa shape index (κ3) is 3.79. The highest BCUT2D eigenvalue weighted by molar-refractivity contribution is 14.1. The molecule has 1 saturated heterocycles. The zero-order chi connectivity index (χ0) is 12.3. The van der Waals surface area contributed by atoms with Crippen LogP contribution in [0.3, 0.4) is 0 Å². The maximum atomic E-state index is 12.0. The van der Waals surface area contributed by atoms with Crippen molar-refractivity contribution in [2.75, 3.05) is 11.0 Å². The van der Waals surface area contributed by atoms with Gasteiger partial charge in [0.05, 0.1) is 0 Å². The van der Waals surface area contributed by atoms with E-state index in [1.165, 1.54) is 6.42 Å². The molecule has 1 rings (SSSR count). The molecule has 3 nitrogen and oxygen atoms in total. The van der Waals surface area contributed by atoms with E-state index in [2.05, 4.69) is 29.5 Å². The quantitative estimate of drug-likeness (QED) is 0.541. The van der Waals surface area contributed by atoms with E-state index in [4.69, 9.17) is 4.74 Å². The first-order valence-electron chi connectivity index (χ1n) is 5.90. The molecule has 1 amide bonds. The molecular weight excluding hydrogens is 317 g/mol. The summed E-state index contributed by atoms with van der Waals surface area (Å²) in [5, 5.41) is 0. The number of halogens is 1. The molecule has 1 heterocycles. The van der Waals surface area contributed by atoms with Crippen molar-refractivity contribution in [2.24, 2.45) is 5.92 Å². The van der Waals surface area contributed by atoms with Crippen LogP contribution in [0, 0.1) is 5.92 Å². The number of hydrogen-bond acceptors (Lipinski definition) is 2. The molecule has 0 unspecified atom stereocenters. The second-order valence-electron chi connectivity index (χ2n) is 5.47. The minimum atomic E-state index is -0.395. The maximum Gasteiger partial charge on any atom is 0.410 e. The summed E-state index contributed by atoms with van der Waals surface area (Å²) in [5.41, 5.74) is -0.395. The van der Waals surface area contributed by atoms with Crippen LogP contribution in [0.1, 0.15) is 40.5 Å². The van der Waals surface area contributed by atoms with Gasteiger partial charge in [-0.2, -0.15) is 0 Å². The van der Waals surface area contributed by atoms with Gasteiger partial charge in [-0.25, -0.2) is 4.79 Å². The van der Waals surface area contributed by atoms with Crippen molar-refractivity contribution in [1.29, 1.82) is 0 Å². The summed E-state index contributed by atoms with van der Waals surface area (Å²) in [4.78, 5) is 13.9. The number of piperidine rings is 1. The highest BCUT2D eigenvalue weighted by Gasteiger charge is 2.32. The number of amides is 1. The number of carbonyl (C=O) groups is 1. The van der Waals surface area contributed by atoms with E-state index in [1.54, 1.807) is 0 Å². The minimum Gasteiger partial charge on any atom is -0.444 e. The molecule has 0 bridgehead atoms. The van der Waals surface area contributed by atoms with Crippen molar-refractivity contribution < 1.29 is 9.53 Å². The zero-order valence-corrected chi connectivity index (χ0v) is 12.8. The van der Waals surface area contributed by atoms with Crippen molar-refractivity contribution in [3.8, 4) is 0 Å². The molecule has 0 N–H and O–H groups in total. The topological polar surface area (TPSA) is 29.5 Å². The van der Waals surface area contributed by atoms with E-state index in [0.29, 0.717) is 12.0 Å². The Hall–Kier alpha value is 0. The predicted molar refractivity (Wildman–Crippen MR) is 74.0 cm³/mol. The van der Waals surface area contributed by atoms with Crippen LogP contribution < -0.4 is 0 Å². The van der Waals surface area contributed by atoms with E-state index in [0.717, 1.165) is 17.4 Å². The predicted octanol–water partition coefficient (Wildman–Crippen LogP) is 3.46. The minimum absolute atomic E-state index is 0.158. The third-order valence-corrected chi connectivity index (χ3v) is 4.11. The average molecular weight is 339 g/mol. The van der Waals surface area contributed by atoms with Gasteiger partial charge in [-0.15, -0.1) is 0 Å². The molecule has 94 valence electrons. The second kappa shape index (κ2) is 5.56. The van der Waals surface area contributed by atoms with Gasteiger partial charge < -0.3 is 9.64 Å². The van der Waals surface area contributed by atoms with Gasteiger partial charge in [-0.3, -0.25) is 0 Å². The van der Waals surface area contributed by atoms with Crippen LogP contribution in [-0.2, 0) is 4.74 Å². The standard InChI is InChI=1S/C12H22INO2/c1-9-10(8-13)6-5-7-14(9)11(15)16-12(2,3)4/h9-10H,5-8H2,1-4H3/t9-,10+/m0/s1. The molecule has 0 aromatic carbocycles. The largest absolute Gasteiger partial charge is 0.444 e. The van der Waals surface area contributed by atoms with Crippen molar-refractivity contribution in [3.05, 3.63) is 0 Å². The van der Waals surface area contributed by atoms with Crippen molar-refractivity contribution in [3.63, 3.8) is 0 Å². The Balaban J connectivity index is 2.61. The maximum absolute atomic E-state index is 12.0. The third-order valence-electron chi connectivity index (χ3n) is 2.97. The molecule has 2 atom stereocenters. The number of ether oxygens (including phenoxy) is 1. The van der Waals surface area contributed by atoms with Crippen LogP contribution in [0.4, 0.5) is 4.79 Å². The fraction of sp³-hybridized carbons (Fsp3) is 0.917. The number of rotatable bonds is 1. The first kappa shape index (κ1) is 14.1. The van der Waals surface area contributed by atoms with Crippen LogP contribution >= 0.6 is 22.6 Å². The van der Waals surface area contributed by atoms with E-state index in [9.17, 15) is 4.79 Å². The van der Waals surface area contributed by atoms with Crippen molar-refractivity contribution in [2.45, 2.75) is 52.2 Å². The fourth-order valence-electron chi connectivity index (χ4n) is 2.01. The fourth-order valence-corrected chi connectivity index (χ4v) is 3.18. The van der Waals surface area contributed by atoms with Crippen LogP contribution in [0.15, 0.2) is 0 Å². The molecule has 0 aromatic rings. The summed E-state index contributed by atoms with van der Waals surface area (Å²) in [6.07, 6.45) is 2.16. The molecule has 1 fully saturated rings. The number of carbonyl (C=O) groups excluding carboxylic acids is 1. The van der Waals surface area contributed by atoms with Gasteiger partial charge in [0.25, 0.3) is 0 Å². The van der Waals surface area contributed by atoms with E-state index < -0.39 is 5.60 Å². The molecule has 0 saturated carbocycles. The van der Waals surface area contributed by atoms with Gasteiger partial charge in [0.2, 0.25) is 0 Å². The summed E-state index contributed by atoms with van der Waals surface area (Å²) in [6.45, 7) is 8.70. The molecule has 0 aliphatic carbocycles. The lowest BCUT2D eigenvalue weighted by Crippen LogP contribution is -2.49. The Morgan fingerprint density at radius 2 is 2.12 bits per heavy atom. The first-order chi connectivity index (χ1) is 7.35. The molecule has 1 aliphatic heterocycles. The monoisotopic (exact) mass is 339 g/mol. The van der Waals surface area contributed by atoms with Gasteiger partial charge in [0.15, 0.2) is 0 Å². The van der Waals surface area contributed by atoms with Gasteiger partial charge in [-0.1, -0.05) is 22.6 Å². The Morgan fingerprint density at radius 1 is 1.50 bits per heavy atom. The molecule has 0 aromatic heterocycles. The summed E-state index contributed by atoms with van der Waals surface area (Å²) >= 11 is 2.40. The number of hydrogen-bond donors (Lipinski definition) is 0. The average Bonchev–Trinajstić information content (AvgIpc) is 2.15. The van der Waals surface area contributed by atoms with Crippen LogP contribution in [-0.4, -0.2) is 33.6 Å². The lowest BCUT2D eigenvalue weighted by atomic mass is 9.92. The molecular formula is C12H22INO2. The number of alkyl halides is 1. The number of likely N-dealkylation sites (tertiary alicyclic amines) is 1. The van der Waals surface area contributed by atoms with Crippen LogP contribution in [0.25, 0.3) is 0 Å². The van der Waals surface area contributed by atoms with Crippen molar-refractivity contribution >= 4 is 28.7 Å². The molecule has 0 radical (unpaired) electrons. The molecule has 1 aliphatic rings. The second-order valence-corrected chi connectivity index (χ2v) is 6.35. The normalized spacial score (nSPS) is 26.7. The van der Waals surface area contributed by atoms with Gasteiger partial charge in [0.1, 0.15) is 5.60 Å². The Bertz CT molecular complexity index is 250. The van der Waals surface area contributed by atoms with Gasteiger partial charge >= 0.3 is 6.09 Å². The summed E-state index contributed by atoms with van der Waals surface area (Å²) in [6, 6.07) is 0.306. The van der Waals surface area contributed by atoms with Crippen molar-refractivity contribution in [1.82, 2.24) is 4.90 Å². The molecule has 0 spiro atoms. The van der Waals surface area contributed by atoms with E-state index in [1.807, 2.05) is 25.7 Å². The Kier molecular flexibility index (Phi) is 4.88. The van der Waals surface area contributed by atoms with Crippen LogP contribution in [0.5, 0.6) is 0 Å². The lowest BCUT2D eigenvalue weighted by Gasteiger charge is -2.39. The summed E-state index contributed by atoms with van der Waals surface area (Å²) in [5.74, 6) is 0.613. The first-order valence-corrected chi connectivity index (χ1v) is 7.43. The zero-order valence-electron chi connectivity index (χ0n) is 10.6. The number of nitrogens with zero attached hydrogens (tertiary/aromatic N) is 1. The van der Waals surface area contributed by atoms with Gasteiger partial charge in [-0.05, 0) is 46.5 Å².